The van der Waals surface area contributed by atoms with Crippen LogP contribution < -0.4 is 10.1 Å². The van der Waals surface area contributed by atoms with Gasteiger partial charge >= 0.3 is 5.97 Å². The minimum absolute atomic E-state index is 0.123. The first-order valence-corrected chi connectivity index (χ1v) is 8.08. The molecular formula is C20H16ClNO3. The first kappa shape index (κ1) is 16.9. The second-order valence-electron chi connectivity index (χ2n) is 5.42. The average molecular weight is 354 g/mol. The highest BCUT2D eigenvalue weighted by Crippen LogP contribution is 2.30. The van der Waals surface area contributed by atoms with Crippen molar-refractivity contribution < 1.29 is 14.6 Å². The summed E-state index contributed by atoms with van der Waals surface area (Å²) in [5, 5.41) is 12.5. The third-order valence-corrected chi connectivity index (χ3v) is 3.90. The van der Waals surface area contributed by atoms with E-state index in [1.807, 2.05) is 42.5 Å². The predicted octanol–water partition coefficient (Wildman–Crippen LogP) is 5.44. The second-order valence-corrected chi connectivity index (χ2v) is 5.82. The first-order valence-electron chi connectivity index (χ1n) is 7.70. The van der Waals surface area contributed by atoms with E-state index in [1.165, 1.54) is 17.7 Å². The lowest BCUT2D eigenvalue weighted by Crippen LogP contribution is -1.99. The lowest BCUT2D eigenvalue weighted by atomic mass is 10.2. The van der Waals surface area contributed by atoms with Crippen molar-refractivity contribution in [2.75, 3.05) is 5.32 Å². The highest BCUT2D eigenvalue weighted by Gasteiger charge is 2.08. The molecule has 0 bridgehead atoms. The van der Waals surface area contributed by atoms with Crippen LogP contribution >= 0.6 is 11.6 Å². The van der Waals surface area contributed by atoms with Gasteiger partial charge in [-0.15, -0.1) is 0 Å². The molecule has 5 heteroatoms. The molecule has 0 spiro atoms. The number of rotatable bonds is 6. The highest BCUT2D eigenvalue weighted by molar-refractivity contribution is 6.32. The number of halogens is 1. The first-order chi connectivity index (χ1) is 12.1. The SMILES string of the molecule is O=C(O)c1ccc(Oc2ccc(NCc3ccccc3)cc2)c(Cl)c1. The molecule has 0 amide bonds. The summed E-state index contributed by atoms with van der Waals surface area (Å²) in [7, 11) is 0. The van der Waals surface area contributed by atoms with Crippen LogP contribution in [0.2, 0.25) is 5.02 Å². The number of benzene rings is 3. The molecular weight excluding hydrogens is 338 g/mol. The van der Waals surface area contributed by atoms with Gasteiger partial charge in [-0.2, -0.15) is 0 Å². The molecule has 4 nitrogen and oxygen atoms in total. The van der Waals surface area contributed by atoms with Gasteiger partial charge in [-0.1, -0.05) is 41.9 Å². The number of hydrogen-bond acceptors (Lipinski definition) is 3. The van der Waals surface area contributed by atoms with Gasteiger partial charge < -0.3 is 15.2 Å². The van der Waals surface area contributed by atoms with E-state index >= 15 is 0 Å². The fourth-order valence-electron chi connectivity index (χ4n) is 2.28. The molecule has 0 fully saturated rings. The number of carboxylic acids is 1. The summed E-state index contributed by atoms with van der Waals surface area (Å²) < 4.78 is 5.71. The van der Waals surface area contributed by atoms with Gasteiger partial charge in [-0.25, -0.2) is 4.79 Å². The van der Waals surface area contributed by atoms with Crippen molar-refractivity contribution >= 4 is 23.3 Å². The van der Waals surface area contributed by atoms with Crippen LogP contribution in [0.3, 0.4) is 0 Å². The molecule has 3 aromatic rings. The van der Waals surface area contributed by atoms with Crippen LogP contribution in [0.25, 0.3) is 0 Å². The fraction of sp³-hybridized carbons (Fsp3) is 0.0500. The van der Waals surface area contributed by atoms with Gasteiger partial charge in [0.25, 0.3) is 0 Å². The van der Waals surface area contributed by atoms with E-state index in [0.29, 0.717) is 11.5 Å². The number of carboxylic acid groups (broad SMARTS) is 1. The molecule has 3 rings (SSSR count). The third-order valence-electron chi connectivity index (χ3n) is 3.60. The van der Waals surface area contributed by atoms with Crippen molar-refractivity contribution in [3.63, 3.8) is 0 Å². The number of hydrogen-bond donors (Lipinski definition) is 2. The number of nitrogens with one attached hydrogen (secondary N) is 1. The lowest BCUT2D eigenvalue weighted by Gasteiger charge is -2.10. The van der Waals surface area contributed by atoms with Crippen molar-refractivity contribution in [3.05, 3.63) is 88.9 Å². The standard InChI is InChI=1S/C20H16ClNO3/c21-18-12-15(20(23)24)6-11-19(18)25-17-9-7-16(8-10-17)22-13-14-4-2-1-3-5-14/h1-12,22H,13H2,(H,23,24). The molecule has 0 heterocycles. The molecule has 0 unspecified atom stereocenters. The Bertz CT molecular complexity index is 864. The van der Waals surface area contributed by atoms with E-state index < -0.39 is 5.97 Å². The molecule has 0 aliphatic heterocycles. The molecule has 2 N–H and O–H groups in total. The number of ether oxygens (including phenoxy) is 1. The third kappa shape index (κ3) is 4.52. The largest absolute Gasteiger partial charge is 0.478 e. The Morgan fingerprint density at radius 3 is 2.36 bits per heavy atom. The highest BCUT2D eigenvalue weighted by atomic mass is 35.5. The fourth-order valence-corrected chi connectivity index (χ4v) is 2.50. The molecule has 126 valence electrons. The van der Waals surface area contributed by atoms with E-state index in [9.17, 15) is 4.79 Å². The summed E-state index contributed by atoms with van der Waals surface area (Å²) in [6, 6.07) is 22.0. The molecule has 0 saturated carbocycles. The van der Waals surface area contributed by atoms with E-state index in [1.54, 1.807) is 6.07 Å². The molecule has 25 heavy (non-hydrogen) atoms. The van der Waals surface area contributed by atoms with Gasteiger partial charge in [0.2, 0.25) is 0 Å². The van der Waals surface area contributed by atoms with Gasteiger partial charge in [0, 0.05) is 12.2 Å². The molecule has 0 atom stereocenters. The van der Waals surface area contributed by atoms with Crippen molar-refractivity contribution in [1.82, 2.24) is 0 Å². The molecule has 0 aliphatic rings. The number of aromatic carboxylic acids is 1. The van der Waals surface area contributed by atoms with Crippen LogP contribution in [-0.2, 0) is 6.54 Å². The van der Waals surface area contributed by atoms with Crippen molar-refractivity contribution in [3.8, 4) is 11.5 Å². The van der Waals surface area contributed by atoms with E-state index in [0.717, 1.165) is 12.2 Å². The Kier molecular flexibility index (Phi) is 5.21. The Morgan fingerprint density at radius 2 is 1.72 bits per heavy atom. The van der Waals surface area contributed by atoms with Gasteiger partial charge in [0.1, 0.15) is 11.5 Å². The molecule has 0 saturated heterocycles. The van der Waals surface area contributed by atoms with Crippen LogP contribution in [0.4, 0.5) is 5.69 Å². The summed E-state index contributed by atoms with van der Waals surface area (Å²) in [6.07, 6.45) is 0. The van der Waals surface area contributed by atoms with Crippen LogP contribution in [0, 0.1) is 0 Å². The Balaban J connectivity index is 1.63. The van der Waals surface area contributed by atoms with Gasteiger partial charge in [-0.3, -0.25) is 0 Å². The van der Waals surface area contributed by atoms with Crippen molar-refractivity contribution in [2.24, 2.45) is 0 Å². The summed E-state index contributed by atoms with van der Waals surface area (Å²) in [4.78, 5) is 10.9. The van der Waals surface area contributed by atoms with Crippen LogP contribution in [-0.4, -0.2) is 11.1 Å². The Hall–Kier alpha value is -2.98. The zero-order valence-electron chi connectivity index (χ0n) is 13.3. The van der Waals surface area contributed by atoms with Gasteiger partial charge in [0.15, 0.2) is 0 Å². The normalized spacial score (nSPS) is 10.3. The Morgan fingerprint density at radius 1 is 1.00 bits per heavy atom. The number of anilines is 1. The maximum atomic E-state index is 10.9. The molecule has 0 radical (unpaired) electrons. The van der Waals surface area contributed by atoms with Gasteiger partial charge in [-0.05, 0) is 48.0 Å². The number of carbonyl (C=O) groups is 1. The Labute approximate surface area is 150 Å². The summed E-state index contributed by atoms with van der Waals surface area (Å²) in [5.41, 5.74) is 2.30. The molecule has 0 aliphatic carbocycles. The van der Waals surface area contributed by atoms with Crippen LogP contribution in [0.5, 0.6) is 11.5 Å². The molecule has 3 aromatic carbocycles. The quantitative estimate of drug-likeness (QED) is 0.619. The minimum Gasteiger partial charge on any atom is -0.478 e. The van der Waals surface area contributed by atoms with Crippen LogP contribution in [0.1, 0.15) is 15.9 Å². The zero-order valence-corrected chi connectivity index (χ0v) is 14.0. The lowest BCUT2D eigenvalue weighted by molar-refractivity contribution is 0.0697. The predicted molar refractivity (Wildman–Crippen MR) is 98.7 cm³/mol. The second kappa shape index (κ2) is 7.73. The average Bonchev–Trinajstić information content (AvgIpc) is 2.63. The summed E-state index contributed by atoms with van der Waals surface area (Å²) in [6.45, 7) is 0.740. The van der Waals surface area contributed by atoms with E-state index in [4.69, 9.17) is 21.4 Å². The van der Waals surface area contributed by atoms with E-state index in [-0.39, 0.29) is 10.6 Å². The maximum absolute atomic E-state index is 10.9. The maximum Gasteiger partial charge on any atom is 0.335 e. The van der Waals surface area contributed by atoms with Crippen LogP contribution in [0.15, 0.2) is 72.8 Å². The van der Waals surface area contributed by atoms with Crippen molar-refractivity contribution in [2.45, 2.75) is 6.54 Å². The topological polar surface area (TPSA) is 58.6 Å². The van der Waals surface area contributed by atoms with E-state index in [2.05, 4.69) is 17.4 Å². The smallest absolute Gasteiger partial charge is 0.335 e. The van der Waals surface area contributed by atoms with Gasteiger partial charge in [0.05, 0.1) is 10.6 Å². The molecule has 0 aromatic heterocycles. The van der Waals surface area contributed by atoms with Crippen molar-refractivity contribution in [1.29, 1.82) is 0 Å². The minimum atomic E-state index is -1.03. The zero-order chi connectivity index (χ0) is 17.6. The summed E-state index contributed by atoms with van der Waals surface area (Å²) >= 11 is 6.07. The summed E-state index contributed by atoms with van der Waals surface area (Å²) in [5.74, 6) is 0.00851. The monoisotopic (exact) mass is 353 g/mol.